The van der Waals surface area contributed by atoms with Crippen LogP contribution in [0, 0.1) is 0 Å². The molecule has 0 aromatic heterocycles. The number of hydrogen-bond acceptors (Lipinski definition) is 4. The lowest BCUT2D eigenvalue weighted by Gasteiger charge is -2.37. The lowest BCUT2D eigenvalue weighted by molar-refractivity contribution is -0.158. The number of aliphatic carboxylic acids is 1. The minimum atomic E-state index is -1.07. The number of rotatable bonds is 4. The molecule has 2 atom stereocenters. The zero-order valence-electron chi connectivity index (χ0n) is 11.6. The molecule has 0 aliphatic carbocycles. The molecule has 0 radical (unpaired) electrons. The zero-order valence-corrected chi connectivity index (χ0v) is 11.6. The number of carbonyl (C=O) groups is 3. The van der Waals surface area contributed by atoms with Gasteiger partial charge in [-0.2, -0.15) is 0 Å². The third-order valence-corrected chi connectivity index (χ3v) is 4.13. The molecule has 20 heavy (non-hydrogen) atoms. The van der Waals surface area contributed by atoms with Crippen molar-refractivity contribution in [3.8, 4) is 0 Å². The fourth-order valence-electron chi connectivity index (χ4n) is 3.13. The van der Waals surface area contributed by atoms with Crippen LogP contribution in [0.15, 0.2) is 0 Å². The fourth-order valence-corrected chi connectivity index (χ4v) is 3.13. The van der Waals surface area contributed by atoms with E-state index in [-0.39, 0.29) is 24.9 Å². The Morgan fingerprint density at radius 2 is 2.25 bits per heavy atom. The first-order valence-corrected chi connectivity index (χ1v) is 7.06. The summed E-state index contributed by atoms with van der Waals surface area (Å²) >= 11 is 0. The summed E-state index contributed by atoms with van der Waals surface area (Å²) < 4.78 is 0. The fraction of sp³-hybridized carbons (Fsp3) is 0.769. The van der Waals surface area contributed by atoms with E-state index < -0.39 is 17.6 Å². The summed E-state index contributed by atoms with van der Waals surface area (Å²) in [5.41, 5.74) is -1.07. The Hall–Kier alpha value is -1.63. The molecule has 0 aromatic rings. The topological polar surface area (TPSA) is 98.7 Å². The maximum Gasteiger partial charge on any atom is 0.329 e. The van der Waals surface area contributed by atoms with Gasteiger partial charge in [0.2, 0.25) is 11.8 Å². The van der Waals surface area contributed by atoms with Crippen LogP contribution in [-0.2, 0) is 14.4 Å². The van der Waals surface area contributed by atoms with E-state index in [2.05, 4.69) is 10.6 Å². The van der Waals surface area contributed by atoms with E-state index in [9.17, 15) is 19.5 Å². The number of piperazine rings is 1. The van der Waals surface area contributed by atoms with Gasteiger partial charge in [0, 0.05) is 13.1 Å². The number of nitrogens with one attached hydrogen (secondary N) is 2. The molecular formula is C13H21N3O4. The molecule has 0 saturated carbocycles. The smallest absolute Gasteiger partial charge is 0.329 e. The Morgan fingerprint density at radius 3 is 2.80 bits per heavy atom. The Balaban J connectivity index is 2.15. The molecule has 2 amide bonds. The maximum atomic E-state index is 12.6. The molecule has 3 N–H and O–H groups in total. The number of carboxylic acid groups (broad SMARTS) is 1. The molecule has 2 aliphatic rings. The number of nitrogens with zero attached hydrogens (tertiary/aromatic N) is 1. The predicted molar refractivity (Wildman–Crippen MR) is 71.0 cm³/mol. The van der Waals surface area contributed by atoms with Gasteiger partial charge in [-0.15, -0.1) is 0 Å². The maximum absolute atomic E-state index is 12.6. The van der Waals surface area contributed by atoms with Crippen molar-refractivity contribution in [1.29, 1.82) is 0 Å². The van der Waals surface area contributed by atoms with Gasteiger partial charge in [0.1, 0.15) is 11.6 Å². The van der Waals surface area contributed by atoms with Gasteiger partial charge < -0.3 is 15.3 Å². The van der Waals surface area contributed by atoms with Crippen LogP contribution in [0.1, 0.15) is 32.6 Å². The van der Waals surface area contributed by atoms with E-state index in [1.165, 1.54) is 4.90 Å². The number of carboxylic acids is 1. The first-order valence-electron chi connectivity index (χ1n) is 7.06. The average Bonchev–Trinajstić information content (AvgIpc) is 2.84. The van der Waals surface area contributed by atoms with Gasteiger partial charge in [0.05, 0.1) is 6.54 Å². The van der Waals surface area contributed by atoms with Crippen molar-refractivity contribution in [2.45, 2.75) is 44.2 Å². The second-order valence-corrected chi connectivity index (χ2v) is 5.42. The van der Waals surface area contributed by atoms with Gasteiger partial charge in [-0.3, -0.25) is 14.9 Å². The molecule has 2 rings (SSSR count). The van der Waals surface area contributed by atoms with Crippen LogP contribution >= 0.6 is 0 Å². The highest BCUT2D eigenvalue weighted by atomic mass is 16.4. The quantitative estimate of drug-likeness (QED) is 0.635. The standard InChI is InChI=1S/C13H21N3O4/c1-2-4-13(12(19)20)5-3-6-16(13)11(18)9-7-15-10(17)8-14-9/h9,14H,2-8H2,1H3,(H,15,17)(H,19,20). The van der Waals surface area contributed by atoms with Crippen LogP contribution in [0.5, 0.6) is 0 Å². The molecule has 0 spiro atoms. The Morgan fingerprint density at radius 1 is 1.50 bits per heavy atom. The van der Waals surface area contributed by atoms with Crippen molar-refractivity contribution < 1.29 is 19.5 Å². The van der Waals surface area contributed by atoms with Crippen LogP contribution in [0.4, 0.5) is 0 Å². The molecule has 2 fully saturated rings. The summed E-state index contributed by atoms with van der Waals surface area (Å²) in [6.07, 6.45) is 2.39. The van der Waals surface area contributed by atoms with Crippen LogP contribution in [0.2, 0.25) is 0 Å². The van der Waals surface area contributed by atoms with E-state index >= 15 is 0 Å². The molecule has 2 unspecified atom stereocenters. The van der Waals surface area contributed by atoms with Gasteiger partial charge >= 0.3 is 5.97 Å². The summed E-state index contributed by atoms with van der Waals surface area (Å²) in [4.78, 5) is 36.8. The second kappa shape index (κ2) is 5.78. The lowest BCUT2D eigenvalue weighted by atomic mass is 9.90. The van der Waals surface area contributed by atoms with Crippen molar-refractivity contribution in [2.24, 2.45) is 0 Å². The van der Waals surface area contributed by atoms with E-state index in [1.807, 2.05) is 6.92 Å². The van der Waals surface area contributed by atoms with Gasteiger partial charge in [-0.05, 0) is 19.3 Å². The third kappa shape index (κ3) is 2.49. The first kappa shape index (κ1) is 14.8. The molecule has 7 heteroatoms. The summed E-state index contributed by atoms with van der Waals surface area (Å²) in [7, 11) is 0. The summed E-state index contributed by atoms with van der Waals surface area (Å²) in [5, 5.41) is 15.1. The van der Waals surface area contributed by atoms with Crippen molar-refractivity contribution in [2.75, 3.05) is 19.6 Å². The van der Waals surface area contributed by atoms with Crippen LogP contribution in [-0.4, -0.2) is 59.0 Å². The van der Waals surface area contributed by atoms with E-state index in [1.54, 1.807) is 0 Å². The van der Waals surface area contributed by atoms with Crippen molar-refractivity contribution in [3.63, 3.8) is 0 Å². The van der Waals surface area contributed by atoms with Crippen LogP contribution in [0.25, 0.3) is 0 Å². The van der Waals surface area contributed by atoms with Crippen LogP contribution in [0.3, 0.4) is 0 Å². The SMILES string of the molecule is CCCC1(C(=O)O)CCCN1C(=O)C1CNC(=O)CN1. The molecule has 2 heterocycles. The molecule has 0 bridgehead atoms. The Kier molecular flexibility index (Phi) is 4.27. The average molecular weight is 283 g/mol. The normalized spacial score (nSPS) is 30.1. The summed E-state index contributed by atoms with van der Waals surface area (Å²) in [6.45, 7) is 2.70. The summed E-state index contributed by atoms with van der Waals surface area (Å²) in [5.74, 6) is -1.29. The number of likely N-dealkylation sites (tertiary alicyclic amines) is 1. The second-order valence-electron chi connectivity index (χ2n) is 5.42. The van der Waals surface area contributed by atoms with Gasteiger partial charge in [0.15, 0.2) is 0 Å². The highest BCUT2D eigenvalue weighted by Crippen LogP contribution is 2.34. The number of hydrogen-bond donors (Lipinski definition) is 3. The van der Waals surface area contributed by atoms with Gasteiger partial charge in [0.25, 0.3) is 0 Å². The lowest BCUT2D eigenvalue weighted by Crippen LogP contribution is -2.63. The van der Waals surface area contributed by atoms with E-state index in [0.29, 0.717) is 32.2 Å². The minimum absolute atomic E-state index is 0.0953. The monoisotopic (exact) mass is 283 g/mol. The van der Waals surface area contributed by atoms with E-state index in [0.717, 1.165) is 0 Å². The van der Waals surface area contributed by atoms with Crippen molar-refractivity contribution in [1.82, 2.24) is 15.5 Å². The minimum Gasteiger partial charge on any atom is -0.479 e. The molecule has 0 aromatic carbocycles. The van der Waals surface area contributed by atoms with Crippen LogP contribution < -0.4 is 10.6 Å². The Bertz CT molecular complexity index is 416. The van der Waals surface area contributed by atoms with Crippen molar-refractivity contribution >= 4 is 17.8 Å². The van der Waals surface area contributed by atoms with Crippen molar-refractivity contribution in [3.05, 3.63) is 0 Å². The summed E-state index contributed by atoms with van der Waals surface area (Å²) in [6, 6.07) is -0.526. The van der Waals surface area contributed by atoms with Gasteiger partial charge in [-0.1, -0.05) is 13.3 Å². The molecular weight excluding hydrogens is 262 g/mol. The Labute approximate surface area is 117 Å². The zero-order chi connectivity index (χ0) is 14.8. The molecule has 7 nitrogen and oxygen atoms in total. The highest BCUT2D eigenvalue weighted by Gasteiger charge is 2.50. The third-order valence-electron chi connectivity index (χ3n) is 4.13. The number of carbonyl (C=O) groups excluding carboxylic acids is 2. The first-order chi connectivity index (χ1) is 9.51. The molecule has 112 valence electrons. The highest BCUT2D eigenvalue weighted by molar-refractivity contribution is 5.92. The molecule has 2 aliphatic heterocycles. The predicted octanol–water partition coefficient (Wildman–Crippen LogP) is -0.680. The molecule has 2 saturated heterocycles. The van der Waals surface area contributed by atoms with E-state index in [4.69, 9.17) is 0 Å². The largest absolute Gasteiger partial charge is 0.479 e. The number of amides is 2. The van der Waals surface area contributed by atoms with Gasteiger partial charge in [-0.25, -0.2) is 4.79 Å².